The Morgan fingerprint density at radius 3 is 2.19 bits per heavy atom. The van der Waals surface area contributed by atoms with E-state index in [-0.39, 0.29) is 35.2 Å². The van der Waals surface area contributed by atoms with Gasteiger partial charge in [0.1, 0.15) is 0 Å². The molecule has 0 bridgehead atoms. The van der Waals surface area contributed by atoms with Gasteiger partial charge < -0.3 is 11.1 Å². The number of amides is 1. The van der Waals surface area contributed by atoms with Crippen molar-refractivity contribution in [2.45, 2.75) is 30.8 Å². The zero-order chi connectivity index (χ0) is 19.5. The van der Waals surface area contributed by atoms with Crippen LogP contribution in [0.3, 0.4) is 0 Å². The number of sulfone groups is 1. The van der Waals surface area contributed by atoms with Crippen LogP contribution in [-0.2, 0) is 14.6 Å². The van der Waals surface area contributed by atoms with E-state index in [4.69, 9.17) is 17.3 Å². The lowest BCUT2D eigenvalue weighted by molar-refractivity contribution is -0.125. The van der Waals surface area contributed by atoms with Crippen LogP contribution in [0.25, 0.3) is 0 Å². The molecule has 148 valence electrons. The van der Waals surface area contributed by atoms with Crippen molar-refractivity contribution in [1.29, 1.82) is 0 Å². The lowest BCUT2D eigenvalue weighted by Crippen LogP contribution is -2.40. The summed E-state index contributed by atoms with van der Waals surface area (Å²) < 4.78 is 23.8. The Balaban J connectivity index is 0.00000364. The number of hydrogen-bond donors (Lipinski definition) is 2. The Kier molecular flexibility index (Phi) is 8.29. The fraction of sp³-hybridized carbons (Fsp3) is 0.316. The van der Waals surface area contributed by atoms with Crippen LogP contribution >= 0.6 is 24.0 Å². The van der Waals surface area contributed by atoms with Crippen LogP contribution in [0.5, 0.6) is 0 Å². The summed E-state index contributed by atoms with van der Waals surface area (Å²) in [5.41, 5.74) is 7.30. The van der Waals surface area contributed by atoms with Crippen LogP contribution in [0.15, 0.2) is 53.4 Å². The number of rotatable bonds is 6. The highest BCUT2D eigenvalue weighted by atomic mass is 35.5. The Morgan fingerprint density at radius 2 is 1.67 bits per heavy atom. The molecule has 0 aliphatic rings. The van der Waals surface area contributed by atoms with Crippen molar-refractivity contribution < 1.29 is 13.2 Å². The van der Waals surface area contributed by atoms with Crippen LogP contribution in [-0.4, -0.2) is 26.6 Å². The van der Waals surface area contributed by atoms with Gasteiger partial charge in [-0.2, -0.15) is 0 Å². The molecule has 1 amide bonds. The Bertz CT molecular complexity index is 884. The van der Waals surface area contributed by atoms with Gasteiger partial charge in [0.15, 0.2) is 9.84 Å². The third-order valence-electron chi connectivity index (χ3n) is 4.31. The van der Waals surface area contributed by atoms with Gasteiger partial charge in [0.2, 0.25) is 5.91 Å². The van der Waals surface area contributed by atoms with Crippen LogP contribution < -0.4 is 11.1 Å². The third-order valence-corrected chi connectivity index (χ3v) is 5.67. The second kappa shape index (κ2) is 9.55. The van der Waals surface area contributed by atoms with Crippen LogP contribution in [0.1, 0.15) is 31.0 Å². The first-order valence-electron chi connectivity index (χ1n) is 8.21. The summed E-state index contributed by atoms with van der Waals surface area (Å²) in [7, 11) is -3.36. The monoisotopic (exact) mass is 430 g/mol. The highest BCUT2D eigenvalue weighted by molar-refractivity contribution is 7.90. The molecule has 0 saturated heterocycles. The normalized spacial score (nSPS) is 14.6. The number of benzene rings is 2. The van der Waals surface area contributed by atoms with Gasteiger partial charge in [-0.15, -0.1) is 12.4 Å². The predicted octanol–water partition coefficient (Wildman–Crippen LogP) is 3.35. The fourth-order valence-corrected chi connectivity index (χ4v) is 3.25. The molecule has 0 aromatic heterocycles. The molecule has 0 aliphatic heterocycles. The summed E-state index contributed by atoms with van der Waals surface area (Å²) in [4.78, 5) is 12.8. The number of carbonyl (C=O) groups is 1. The summed E-state index contributed by atoms with van der Waals surface area (Å²) in [6.45, 7) is 3.53. The molecule has 27 heavy (non-hydrogen) atoms. The van der Waals surface area contributed by atoms with Crippen molar-refractivity contribution in [1.82, 2.24) is 5.32 Å². The zero-order valence-corrected chi connectivity index (χ0v) is 17.7. The molecule has 0 saturated carbocycles. The third kappa shape index (κ3) is 6.21. The molecule has 3 N–H and O–H groups in total. The second-order valence-electron chi connectivity index (χ2n) is 6.49. The Hall–Kier alpha value is -1.60. The SMILES string of the molecule is CC(N)C(C)C(=O)NC(c1ccc(Cl)cc1)c1cccc(S(C)(=O)=O)c1.Cl. The molecule has 0 radical (unpaired) electrons. The van der Waals surface area contributed by atoms with Crippen molar-refractivity contribution in [2.75, 3.05) is 6.26 Å². The summed E-state index contributed by atoms with van der Waals surface area (Å²) in [6.07, 6.45) is 1.15. The Morgan fingerprint density at radius 1 is 1.07 bits per heavy atom. The largest absolute Gasteiger partial charge is 0.345 e. The predicted molar refractivity (Wildman–Crippen MR) is 111 cm³/mol. The van der Waals surface area contributed by atoms with Gasteiger partial charge >= 0.3 is 0 Å². The van der Waals surface area contributed by atoms with Crippen LogP contribution in [0.2, 0.25) is 5.02 Å². The zero-order valence-electron chi connectivity index (χ0n) is 15.3. The molecule has 2 aromatic carbocycles. The lowest BCUT2D eigenvalue weighted by atomic mass is 9.96. The van der Waals surface area contributed by atoms with Gasteiger partial charge in [0, 0.05) is 23.2 Å². The maximum Gasteiger partial charge on any atom is 0.225 e. The number of nitrogens with one attached hydrogen (secondary N) is 1. The quantitative estimate of drug-likeness (QED) is 0.734. The average Bonchev–Trinajstić information content (AvgIpc) is 2.59. The van der Waals surface area contributed by atoms with Gasteiger partial charge in [-0.25, -0.2) is 8.42 Å². The van der Waals surface area contributed by atoms with E-state index < -0.39 is 15.9 Å². The van der Waals surface area contributed by atoms with E-state index in [1.165, 1.54) is 6.07 Å². The standard InChI is InChI=1S/C19H23ClN2O3S.ClH/c1-12(13(2)21)19(23)22-18(14-7-9-16(20)10-8-14)15-5-4-6-17(11-15)26(3,24)25;/h4-13,18H,21H2,1-3H3,(H,22,23);1H. The molecule has 3 atom stereocenters. The maximum absolute atomic E-state index is 12.6. The van der Waals surface area contributed by atoms with Crippen LogP contribution in [0, 0.1) is 5.92 Å². The van der Waals surface area contributed by atoms with E-state index in [0.29, 0.717) is 10.6 Å². The first-order chi connectivity index (χ1) is 12.1. The Labute approximate surface area is 171 Å². The summed E-state index contributed by atoms with van der Waals surface area (Å²) in [6, 6.07) is 12.8. The minimum Gasteiger partial charge on any atom is -0.345 e. The molecule has 3 unspecified atom stereocenters. The number of nitrogens with two attached hydrogens (primary N) is 1. The fourth-order valence-electron chi connectivity index (χ4n) is 2.45. The van der Waals surface area contributed by atoms with E-state index >= 15 is 0 Å². The van der Waals surface area contributed by atoms with Crippen molar-refractivity contribution in [3.8, 4) is 0 Å². The van der Waals surface area contributed by atoms with Gasteiger partial charge in [0.25, 0.3) is 0 Å². The average molecular weight is 431 g/mol. The van der Waals surface area contributed by atoms with E-state index in [1.54, 1.807) is 56.3 Å². The highest BCUT2D eigenvalue weighted by Crippen LogP contribution is 2.26. The minimum atomic E-state index is -3.36. The van der Waals surface area contributed by atoms with Gasteiger partial charge in [-0.1, -0.05) is 42.8 Å². The van der Waals surface area contributed by atoms with E-state index in [2.05, 4.69) is 5.32 Å². The van der Waals surface area contributed by atoms with Gasteiger partial charge in [-0.05, 0) is 42.3 Å². The summed E-state index contributed by atoms with van der Waals surface area (Å²) >= 11 is 5.96. The number of hydrogen-bond acceptors (Lipinski definition) is 4. The molecule has 8 heteroatoms. The van der Waals surface area contributed by atoms with Crippen LogP contribution in [0.4, 0.5) is 0 Å². The molecule has 0 fully saturated rings. The van der Waals surface area contributed by atoms with Crippen molar-refractivity contribution in [3.63, 3.8) is 0 Å². The van der Waals surface area contributed by atoms with Crippen molar-refractivity contribution >= 4 is 39.8 Å². The summed E-state index contributed by atoms with van der Waals surface area (Å²) in [5, 5.41) is 3.55. The molecule has 5 nitrogen and oxygen atoms in total. The van der Waals surface area contributed by atoms with Gasteiger partial charge in [0.05, 0.1) is 10.9 Å². The minimum absolute atomic E-state index is 0. The number of halogens is 2. The molecule has 2 aromatic rings. The number of carbonyl (C=O) groups excluding carboxylic acids is 1. The molecule has 0 spiro atoms. The first kappa shape index (κ1) is 23.4. The topological polar surface area (TPSA) is 89.3 Å². The molecule has 0 aliphatic carbocycles. The molecular weight excluding hydrogens is 407 g/mol. The van der Waals surface area contributed by atoms with E-state index in [9.17, 15) is 13.2 Å². The maximum atomic E-state index is 12.6. The first-order valence-corrected chi connectivity index (χ1v) is 10.5. The highest BCUT2D eigenvalue weighted by Gasteiger charge is 2.23. The molecule has 0 heterocycles. The van der Waals surface area contributed by atoms with Gasteiger partial charge in [-0.3, -0.25) is 4.79 Å². The molecular formula is C19H24Cl2N2O3S. The lowest BCUT2D eigenvalue weighted by Gasteiger charge is -2.24. The van der Waals surface area contributed by atoms with E-state index in [1.807, 2.05) is 0 Å². The molecule has 2 rings (SSSR count). The van der Waals surface area contributed by atoms with Crippen molar-refractivity contribution in [2.24, 2.45) is 11.7 Å². The second-order valence-corrected chi connectivity index (χ2v) is 8.94. The van der Waals surface area contributed by atoms with Crippen molar-refractivity contribution in [3.05, 3.63) is 64.7 Å². The smallest absolute Gasteiger partial charge is 0.225 e. The van der Waals surface area contributed by atoms with E-state index in [0.717, 1.165) is 11.8 Å². The summed E-state index contributed by atoms with van der Waals surface area (Å²) in [5.74, 6) is -0.590.